The van der Waals surface area contributed by atoms with Gasteiger partial charge >= 0.3 is 6.09 Å². The Morgan fingerprint density at radius 3 is 1.94 bits per heavy atom. The summed E-state index contributed by atoms with van der Waals surface area (Å²) in [6.07, 6.45) is -0.535. The van der Waals surface area contributed by atoms with Crippen LogP contribution in [0.2, 0.25) is 0 Å². The average molecular weight is 455 g/mol. The Kier molecular flexibility index (Phi) is 9.10. The number of ether oxygens (including phenoxy) is 1. The van der Waals surface area contributed by atoms with Crippen molar-refractivity contribution in [1.82, 2.24) is 10.4 Å². The number of carbonyl (C=O) groups excluding carboxylic acids is 1. The molecule has 2 aromatic rings. The summed E-state index contributed by atoms with van der Waals surface area (Å²) in [4.78, 5) is 18.5. The predicted molar refractivity (Wildman–Crippen MR) is 135 cm³/mol. The van der Waals surface area contributed by atoms with Gasteiger partial charge in [0.05, 0.1) is 6.04 Å². The zero-order valence-electron chi connectivity index (χ0n) is 21.8. The Balaban J connectivity index is 2.12. The summed E-state index contributed by atoms with van der Waals surface area (Å²) in [6.45, 7) is 19.1. The Labute approximate surface area is 200 Å². The fourth-order valence-electron chi connectivity index (χ4n) is 3.71. The maximum atomic E-state index is 11.9. The molecule has 2 atom stereocenters. The van der Waals surface area contributed by atoms with Crippen molar-refractivity contribution in [2.45, 2.75) is 92.1 Å². The number of alkyl carbamates (subject to hydrolysis) is 1. The molecule has 0 spiro atoms. The second-order valence-electron chi connectivity index (χ2n) is 10.9. The number of rotatable bonds is 8. The van der Waals surface area contributed by atoms with Gasteiger partial charge in [-0.25, -0.2) is 4.79 Å². The molecule has 0 saturated carbocycles. The molecule has 0 aromatic heterocycles. The van der Waals surface area contributed by atoms with Crippen molar-refractivity contribution in [3.8, 4) is 0 Å². The second-order valence-corrected chi connectivity index (χ2v) is 10.9. The summed E-state index contributed by atoms with van der Waals surface area (Å²) in [5.74, 6) is 0.375. The summed E-state index contributed by atoms with van der Waals surface area (Å²) in [5.41, 5.74) is 2.65. The Morgan fingerprint density at radius 1 is 0.879 bits per heavy atom. The molecule has 0 aliphatic rings. The molecule has 5 nitrogen and oxygen atoms in total. The van der Waals surface area contributed by atoms with Crippen molar-refractivity contribution in [3.05, 3.63) is 71.3 Å². The number of nitrogens with zero attached hydrogens (tertiary/aromatic N) is 1. The van der Waals surface area contributed by atoms with Crippen molar-refractivity contribution >= 4 is 6.09 Å². The quantitative estimate of drug-likeness (QED) is 0.428. The SMILES string of the molecule is CC(ON(C(c1ccccc1)C(C)C)C(C)(C)C)c1ccc(CNC(=O)OC(C)(C)C)cc1. The number of carbonyl (C=O) groups is 1. The van der Waals surface area contributed by atoms with E-state index in [-0.39, 0.29) is 17.7 Å². The van der Waals surface area contributed by atoms with Gasteiger partial charge in [-0.05, 0) is 71.1 Å². The molecule has 1 amide bonds. The lowest BCUT2D eigenvalue weighted by Crippen LogP contribution is -2.46. The molecule has 0 bridgehead atoms. The first-order valence-corrected chi connectivity index (χ1v) is 11.8. The Morgan fingerprint density at radius 2 is 1.45 bits per heavy atom. The van der Waals surface area contributed by atoms with Crippen molar-refractivity contribution in [2.75, 3.05) is 0 Å². The fraction of sp³-hybridized carbons (Fsp3) is 0.536. The number of benzene rings is 2. The molecule has 0 aliphatic heterocycles. The third-order valence-corrected chi connectivity index (χ3v) is 5.24. The first kappa shape index (κ1) is 26.9. The van der Waals surface area contributed by atoms with Crippen molar-refractivity contribution in [1.29, 1.82) is 0 Å². The third-order valence-electron chi connectivity index (χ3n) is 5.24. The van der Waals surface area contributed by atoms with Crippen LogP contribution >= 0.6 is 0 Å². The smallest absolute Gasteiger partial charge is 0.407 e. The van der Waals surface area contributed by atoms with Crippen LogP contribution in [0.15, 0.2) is 54.6 Å². The van der Waals surface area contributed by atoms with Crippen LogP contribution in [0.4, 0.5) is 4.79 Å². The third kappa shape index (κ3) is 8.49. The predicted octanol–water partition coefficient (Wildman–Crippen LogP) is 7.20. The molecular formula is C28H42N2O3. The van der Waals surface area contributed by atoms with Crippen molar-refractivity contribution < 1.29 is 14.4 Å². The van der Waals surface area contributed by atoms with Crippen LogP contribution in [0.5, 0.6) is 0 Å². The number of nitrogens with one attached hydrogen (secondary N) is 1. The topological polar surface area (TPSA) is 50.8 Å². The summed E-state index contributed by atoms with van der Waals surface area (Å²) in [5, 5.41) is 4.95. The van der Waals surface area contributed by atoms with Crippen LogP contribution in [0.3, 0.4) is 0 Å². The van der Waals surface area contributed by atoms with Gasteiger partial charge in [-0.1, -0.05) is 68.4 Å². The molecule has 0 saturated heterocycles. The first-order valence-electron chi connectivity index (χ1n) is 11.8. The lowest BCUT2D eigenvalue weighted by Gasteiger charge is -2.44. The molecule has 2 aromatic carbocycles. The van der Waals surface area contributed by atoms with Crippen molar-refractivity contribution in [3.63, 3.8) is 0 Å². The molecule has 0 fully saturated rings. The molecule has 0 radical (unpaired) electrons. The average Bonchev–Trinajstić information content (AvgIpc) is 2.70. The van der Waals surface area contributed by atoms with Crippen LogP contribution in [0, 0.1) is 5.92 Å². The number of amides is 1. The fourth-order valence-corrected chi connectivity index (χ4v) is 3.71. The van der Waals surface area contributed by atoms with Crippen LogP contribution in [0.1, 0.15) is 91.1 Å². The minimum atomic E-state index is -0.507. The molecule has 33 heavy (non-hydrogen) atoms. The van der Waals surface area contributed by atoms with Crippen LogP contribution in [-0.4, -0.2) is 22.3 Å². The van der Waals surface area contributed by atoms with E-state index < -0.39 is 11.7 Å². The van der Waals surface area contributed by atoms with E-state index in [2.05, 4.69) is 88.3 Å². The standard InChI is InChI=1S/C28H42N2O3/c1-20(2)25(24-13-11-10-12-14-24)30(27(4,5)6)33-21(3)23-17-15-22(16-18-23)19-29-26(31)32-28(7,8)9/h10-18,20-21,25H,19H2,1-9H3,(H,29,31). The van der Waals surface area contributed by atoms with E-state index in [0.717, 1.165) is 11.1 Å². The number of hydroxylamine groups is 2. The van der Waals surface area contributed by atoms with E-state index >= 15 is 0 Å². The maximum Gasteiger partial charge on any atom is 0.407 e. The zero-order valence-corrected chi connectivity index (χ0v) is 21.8. The van der Waals surface area contributed by atoms with E-state index in [1.807, 2.05) is 39.0 Å². The normalized spacial score (nSPS) is 14.3. The van der Waals surface area contributed by atoms with E-state index in [1.165, 1.54) is 5.56 Å². The highest BCUT2D eigenvalue weighted by atomic mass is 16.7. The first-order chi connectivity index (χ1) is 15.3. The summed E-state index contributed by atoms with van der Waals surface area (Å²) in [7, 11) is 0. The van der Waals surface area contributed by atoms with Gasteiger partial charge in [0.2, 0.25) is 0 Å². The van der Waals surface area contributed by atoms with E-state index in [0.29, 0.717) is 12.5 Å². The molecule has 2 unspecified atom stereocenters. The minimum absolute atomic E-state index is 0.123. The summed E-state index contributed by atoms with van der Waals surface area (Å²) < 4.78 is 5.30. The van der Waals surface area contributed by atoms with E-state index in [4.69, 9.17) is 9.57 Å². The minimum Gasteiger partial charge on any atom is -0.444 e. The van der Waals surface area contributed by atoms with Gasteiger partial charge in [0.25, 0.3) is 0 Å². The van der Waals surface area contributed by atoms with Crippen LogP contribution in [0.25, 0.3) is 0 Å². The highest BCUT2D eigenvalue weighted by Crippen LogP contribution is 2.37. The maximum absolute atomic E-state index is 11.9. The second kappa shape index (κ2) is 11.2. The molecule has 182 valence electrons. The van der Waals surface area contributed by atoms with Crippen molar-refractivity contribution in [2.24, 2.45) is 5.92 Å². The van der Waals surface area contributed by atoms with Gasteiger partial charge in [-0.15, -0.1) is 0 Å². The van der Waals surface area contributed by atoms with Gasteiger partial charge in [-0.3, -0.25) is 4.84 Å². The van der Waals surface area contributed by atoms with Crippen LogP contribution in [-0.2, 0) is 16.1 Å². The molecule has 0 heterocycles. The highest BCUT2D eigenvalue weighted by Gasteiger charge is 2.34. The zero-order chi connectivity index (χ0) is 24.8. The van der Waals surface area contributed by atoms with Gasteiger partial charge in [-0.2, -0.15) is 5.06 Å². The van der Waals surface area contributed by atoms with Gasteiger partial charge < -0.3 is 10.1 Å². The van der Waals surface area contributed by atoms with E-state index in [9.17, 15) is 4.79 Å². The highest BCUT2D eigenvalue weighted by molar-refractivity contribution is 5.67. The molecule has 2 rings (SSSR count). The molecule has 5 heteroatoms. The molecule has 0 aliphatic carbocycles. The monoisotopic (exact) mass is 454 g/mol. The van der Waals surface area contributed by atoms with Gasteiger partial charge in [0.15, 0.2) is 0 Å². The van der Waals surface area contributed by atoms with E-state index in [1.54, 1.807) is 0 Å². The lowest BCUT2D eigenvalue weighted by molar-refractivity contribution is -0.272. The van der Waals surface area contributed by atoms with Gasteiger partial charge in [0.1, 0.15) is 11.7 Å². The lowest BCUT2D eigenvalue weighted by atomic mass is 9.92. The van der Waals surface area contributed by atoms with Crippen LogP contribution < -0.4 is 5.32 Å². The number of hydrogen-bond acceptors (Lipinski definition) is 4. The largest absolute Gasteiger partial charge is 0.444 e. The summed E-state index contributed by atoms with van der Waals surface area (Å²) >= 11 is 0. The molecular weight excluding hydrogens is 412 g/mol. The summed E-state index contributed by atoms with van der Waals surface area (Å²) in [6, 6.07) is 18.8. The van der Waals surface area contributed by atoms with Gasteiger partial charge in [0, 0.05) is 12.1 Å². The Bertz CT molecular complexity index is 865. The molecule has 1 N–H and O–H groups in total. The number of hydrogen-bond donors (Lipinski definition) is 1. The Hall–Kier alpha value is -2.37.